The summed E-state index contributed by atoms with van der Waals surface area (Å²) < 4.78 is 14.1. The molecule has 0 atom stereocenters. The van der Waals surface area contributed by atoms with Crippen LogP contribution in [0.1, 0.15) is 10.5 Å². The van der Waals surface area contributed by atoms with Crippen LogP contribution in [0.15, 0.2) is 28.9 Å². The third-order valence-electron chi connectivity index (χ3n) is 1.99. The molecule has 0 radical (unpaired) electrons. The minimum Gasteiger partial charge on any atom is -0.477 e. The summed E-state index contributed by atoms with van der Waals surface area (Å²) in [6.07, 6.45) is 1.15. The average Bonchev–Trinajstić information content (AvgIpc) is 2.66. The zero-order valence-electron chi connectivity index (χ0n) is 7.87. The van der Waals surface area contributed by atoms with Crippen molar-refractivity contribution in [2.75, 3.05) is 0 Å². The summed E-state index contributed by atoms with van der Waals surface area (Å²) in [7, 11) is 0. The van der Waals surface area contributed by atoms with Crippen molar-refractivity contribution in [1.29, 1.82) is 0 Å². The van der Waals surface area contributed by atoms with E-state index in [9.17, 15) is 9.18 Å². The zero-order chi connectivity index (χ0) is 11.7. The first kappa shape index (κ1) is 10.8. The maximum absolute atomic E-state index is 13.5. The molecule has 0 aliphatic heterocycles. The number of rotatable bonds is 2. The van der Waals surface area contributed by atoms with Crippen molar-refractivity contribution in [2.45, 2.75) is 0 Å². The lowest BCUT2D eigenvalue weighted by atomic mass is 10.2. The summed E-state index contributed by atoms with van der Waals surface area (Å²) in [5.74, 6) is -1.40. The van der Waals surface area contributed by atoms with Gasteiger partial charge in [0.1, 0.15) is 17.3 Å². The number of carboxylic acid groups (broad SMARTS) is 1. The number of nitrogens with zero attached hydrogens (tertiary/aromatic N) is 1. The average molecular weight is 285 g/mol. The van der Waals surface area contributed by atoms with Gasteiger partial charge in [0.15, 0.2) is 0 Å². The second-order valence-electron chi connectivity index (χ2n) is 3.07. The van der Waals surface area contributed by atoms with Crippen LogP contribution >= 0.6 is 15.9 Å². The van der Waals surface area contributed by atoms with E-state index in [2.05, 4.69) is 25.9 Å². The fraction of sp³-hybridized carbons (Fsp3) is 0. The molecule has 1 aromatic heterocycles. The molecule has 16 heavy (non-hydrogen) atoms. The fourth-order valence-corrected chi connectivity index (χ4v) is 1.58. The number of nitrogens with one attached hydrogen (secondary N) is 1. The van der Waals surface area contributed by atoms with Crippen LogP contribution in [-0.4, -0.2) is 21.0 Å². The number of benzene rings is 1. The van der Waals surface area contributed by atoms with Crippen molar-refractivity contribution >= 4 is 21.9 Å². The van der Waals surface area contributed by atoms with Gasteiger partial charge in [-0.25, -0.2) is 14.2 Å². The molecule has 0 aliphatic carbocycles. The Hall–Kier alpha value is -1.69. The van der Waals surface area contributed by atoms with Crippen LogP contribution in [0.4, 0.5) is 4.39 Å². The molecule has 2 aromatic rings. The molecule has 1 aromatic carbocycles. The first-order valence-corrected chi connectivity index (χ1v) is 5.11. The van der Waals surface area contributed by atoms with Crippen molar-refractivity contribution in [3.05, 3.63) is 40.4 Å². The van der Waals surface area contributed by atoms with Crippen LogP contribution < -0.4 is 0 Å². The SMILES string of the molecule is O=C(O)c1cnc(-c2ccc(Br)cc2F)[nH]1. The molecule has 0 saturated heterocycles. The zero-order valence-corrected chi connectivity index (χ0v) is 9.45. The van der Waals surface area contributed by atoms with Gasteiger partial charge in [0.25, 0.3) is 0 Å². The Labute approximate surface area is 98.3 Å². The topological polar surface area (TPSA) is 66.0 Å². The molecule has 0 aliphatic rings. The quantitative estimate of drug-likeness (QED) is 0.891. The van der Waals surface area contributed by atoms with Gasteiger partial charge in [-0.15, -0.1) is 0 Å². The number of imidazole rings is 1. The van der Waals surface area contributed by atoms with Gasteiger partial charge >= 0.3 is 5.97 Å². The molecular weight excluding hydrogens is 279 g/mol. The van der Waals surface area contributed by atoms with E-state index in [-0.39, 0.29) is 17.1 Å². The molecule has 0 unspecified atom stereocenters. The molecule has 0 saturated carbocycles. The van der Waals surface area contributed by atoms with E-state index in [1.54, 1.807) is 6.07 Å². The van der Waals surface area contributed by atoms with E-state index in [1.165, 1.54) is 12.1 Å². The standard InChI is InChI=1S/C10H6BrFN2O2/c11-5-1-2-6(7(12)3-5)9-13-4-8(14-9)10(15)16/h1-4H,(H,13,14)(H,15,16). The second-order valence-corrected chi connectivity index (χ2v) is 3.99. The highest BCUT2D eigenvalue weighted by Crippen LogP contribution is 2.23. The predicted molar refractivity (Wildman–Crippen MR) is 58.6 cm³/mol. The number of H-pyrrole nitrogens is 1. The van der Waals surface area contributed by atoms with Gasteiger partial charge in [0.05, 0.1) is 11.8 Å². The molecule has 2 N–H and O–H groups in total. The second kappa shape index (κ2) is 4.05. The van der Waals surface area contributed by atoms with E-state index in [4.69, 9.17) is 5.11 Å². The van der Waals surface area contributed by atoms with E-state index < -0.39 is 11.8 Å². The third kappa shape index (κ3) is 1.96. The normalized spacial score (nSPS) is 10.4. The van der Waals surface area contributed by atoms with Gasteiger partial charge in [0, 0.05) is 4.47 Å². The molecular formula is C10H6BrFN2O2. The highest BCUT2D eigenvalue weighted by molar-refractivity contribution is 9.10. The number of carbonyl (C=O) groups is 1. The third-order valence-corrected chi connectivity index (χ3v) is 2.49. The Morgan fingerprint density at radius 2 is 2.25 bits per heavy atom. The minimum atomic E-state index is -1.13. The van der Waals surface area contributed by atoms with Gasteiger partial charge in [-0.2, -0.15) is 0 Å². The lowest BCUT2D eigenvalue weighted by Gasteiger charge is -1.99. The van der Waals surface area contributed by atoms with Gasteiger partial charge in [-0.05, 0) is 18.2 Å². The van der Waals surface area contributed by atoms with Crippen LogP contribution in [0.25, 0.3) is 11.4 Å². The van der Waals surface area contributed by atoms with Gasteiger partial charge in [-0.1, -0.05) is 15.9 Å². The summed E-state index contributed by atoms with van der Waals surface area (Å²) in [4.78, 5) is 16.9. The summed E-state index contributed by atoms with van der Waals surface area (Å²) in [6.45, 7) is 0. The van der Waals surface area contributed by atoms with Gasteiger partial charge in [0.2, 0.25) is 0 Å². The Bertz CT molecular complexity index is 554. The number of aromatic amines is 1. The lowest BCUT2D eigenvalue weighted by Crippen LogP contribution is -1.95. The Balaban J connectivity index is 2.46. The lowest BCUT2D eigenvalue weighted by molar-refractivity contribution is 0.0691. The van der Waals surface area contributed by atoms with E-state index in [0.29, 0.717) is 4.47 Å². The molecule has 2 rings (SSSR count). The maximum Gasteiger partial charge on any atom is 0.353 e. The molecule has 0 bridgehead atoms. The molecule has 4 nitrogen and oxygen atoms in total. The monoisotopic (exact) mass is 284 g/mol. The highest BCUT2D eigenvalue weighted by atomic mass is 79.9. The Morgan fingerprint density at radius 1 is 1.50 bits per heavy atom. The van der Waals surface area contributed by atoms with Crippen LogP contribution in [0.5, 0.6) is 0 Å². The molecule has 6 heteroatoms. The van der Waals surface area contributed by atoms with Crippen LogP contribution in [0, 0.1) is 5.82 Å². The number of hydrogen-bond donors (Lipinski definition) is 2. The van der Waals surface area contributed by atoms with Crippen molar-refractivity contribution < 1.29 is 14.3 Å². The molecule has 1 heterocycles. The number of aromatic carboxylic acids is 1. The van der Waals surface area contributed by atoms with Crippen LogP contribution in [-0.2, 0) is 0 Å². The summed E-state index contributed by atoms with van der Waals surface area (Å²) in [5.41, 5.74) is 0.160. The van der Waals surface area contributed by atoms with Crippen molar-refractivity contribution in [2.24, 2.45) is 0 Å². The first-order valence-electron chi connectivity index (χ1n) is 4.31. The first-order chi connectivity index (χ1) is 7.58. The van der Waals surface area contributed by atoms with E-state index >= 15 is 0 Å². The van der Waals surface area contributed by atoms with Gasteiger partial charge < -0.3 is 10.1 Å². The molecule has 0 fully saturated rings. The van der Waals surface area contributed by atoms with Crippen molar-refractivity contribution in [3.8, 4) is 11.4 Å². The molecule has 0 amide bonds. The highest BCUT2D eigenvalue weighted by Gasteiger charge is 2.12. The van der Waals surface area contributed by atoms with E-state index in [0.717, 1.165) is 6.20 Å². The molecule has 0 spiro atoms. The number of aromatic nitrogens is 2. The van der Waals surface area contributed by atoms with Crippen molar-refractivity contribution in [1.82, 2.24) is 9.97 Å². The van der Waals surface area contributed by atoms with Crippen molar-refractivity contribution in [3.63, 3.8) is 0 Å². The largest absolute Gasteiger partial charge is 0.477 e. The van der Waals surface area contributed by atoms with E-state index in [1.807, 2.05) is 0 Å². The minimum absolute atomic E-state index is 0.0719. The molecule has 82 valence electrons. The van der Waals surface area contributed by atoms with Gasteiger partial charge in [-0.3, -0.25) is 0 Å². The number of carboxylic acids is 1. The Morgan fingerprint density at radius 3 is 2.81 bits per heavy atom. The summed E-state index contributed by atoms with van der Waals surface area (Å²) in [6, 6.07) is 4.46. The van der Waals surface area contributed by atoms with Crippen LogP contribution in [0.3, 0.4) is 0 Å². The Kier molecular flexibility index (Phi) is 2.74. The summed E-state index contributed by atoms with van der Waals surface area (Å²) in [5, 5.41) is 8.69. The smallest absolute Gasteiger partial charge is 0.353 e. The number of hydrogen-bond acceptors (Lipinski definition) is 2. The predicted octanol–water partition coefficient (Wildman–Crippen LogP) is 2.68. The maximum atomic E-state index is 13.5. The van der Waals surface area contributed by atoms with Crippen LogP contribution in [0.2, 0.25) is 0 Å². The summed E-state index contributed by atoms with van der Waals surface area (Å²) >= 11 is 3.13. The fourth-order valence-electron chi connectivity index (χ4n) is 1.25. The number of halogens is 2.